The molecule has 0 radical (unpaired) electrons. The molecular formula is C16H29N5O2S2. The fourth-order valence-corrected chi connectivity index (χ4v) is 4.09. The lowest BCUT2D eigenvalue weighted by Crippen LogP contribution is -2.31. The zero-order chi connectivity index (χ0) is 18.7. The molecule has 9 heteroatoms. The van der Waals surface area contributed by atoms with Gasteiger partial charge in [0.05, 0.1) is 0 Å². The highest BCUT2D eigenvalue weighted by atomic mass is 32.2. The van der Waals surface area contributed by atoms with Crippen LogP contribution in [0.3, 0.4) is 0 Å². The molecule has 0 fully saturated rings. The highest BCUT2D eigenvalue weighted by molar-refractivity contribution is 7.99. The van der Waals surface area contributed by atoms with Crippen LogP contribution in [0, 0.1) is 0 Å². The lowest BCUT2D eigenvalue weighted by atomic mass is 10.2. The van der Waals surface area contributed by atoms with E-state index in [1.165, 1.54) is 31.0 Å². The number of amides is 3. The van der Waals surface area contributed by atoms with E-state index in [1.807, 2.05) is 14.1 Å². The lowest BCUT2D eigenvalue weighted by molar-refractivity contribution is 0.0998. The molecule has 4 N–H and O–H groups in total. The molecule has 0 aliphatic rings. The number of nitrogens with zero attached hydrogens (tertiary/aromatic N) is 2. The van der Waals surface area contributed by atoms with Crippen molar-refractivity contribution in [3.05, 3.63) is 5.56 Å². The monoisotopic (exact) mass is 387 g/mol. The van der Waals surface area contributed by atoms with Crippen LogP contribution < -0.4 is 16.4 Å². The Labute approximate surface area is 158 Å². The van der Waals surface area contributed by atoms with Gasteiger partial charge < -0.3 is 16.0 Å². The molecule has 3 amide bonds. The molecule has 0 aliphatic heterocycles. The van der Waals surface area contributed by atoms with Crippen LogP contribution in [0.2, 0.25) is 0 Å². The van der Waals surface area contributed by atoms with Crippen molar-refractivity contribution in [2.45, 2.75) is 44.1 Å². The summed E-state index contributed by atoms with van der Waals surface area (Å²) in [5.41, 5.74) is 5.79. The number of primary amides is 1. The Kier molecular flexibility index (Phi) is 10.5. The number of aromatic nitrogens is 1. The van der Waals surface area contributed by atoms with Crippen molar-refractivity contribution in [1.82, 2.24) is 14.6 Å². The first-order valence-electron chi connectivity index (χ1n) is 8.57. The van der Waals surface area contributed by atoms with E-state index in [4.69, 9.17) is 5.73 Å². The lowest BCUT2D eigenvalue weighted by Gasteiger charge is -2.10. The van der Waals surface area contributed by atoms with E-state index in [2.05, 4.69) is 26.8 Å². The predicted octanol–water partition coefficient (Wildman–Crippen LogP) is 2.99. The molecule has 25 heavy (non-hydrogen) atoms. The first kappa shape index (κ1) is 21.7. The molecule has 0 aromatic carbocycles. The van der Waals surface area contributed by atoms with Gasteiger partial charge in [0.1, 0.15) is 15.6 Å². The smallest absolute Gasteiger partial charge is 0.319 e. The highest BCUT2D eigenvalue weighted by Crippen LogP contribution is 2.32. The summed E-state index contributed by atoms with van der Waals surface area (Å²) in [7, 11) is 3.97. The number of anilines is 1. The van der Waals surface area contributed by atoms with Gasteiger partial charge in [-0.1, -0.05) is 26.2 Å². The third-order valence-electron chi connectivity index (χ3n) is 3.44. The number of urea groups is 1. The van der Waals surface area contributed by atoms with Crippen LogP contribution in [0.4, 0.5) is 9.80 Å². The Morgan fingerprint density at radius 1 is 1.24 bits per heavy atom. The van der Waals surface area contributed by atoms with Gasteiger partial charge in [-0.25, -0.2) is 4.79 Å². The fourth-order valence-electron chi connectivity index (χ4n) is 2.12. The number of hydrogen-bond acceptors (Lipinski definition) is 6. The van der Waals surface area contributed by atoms with Crippen molar-refractivity contribution in [1.29, 1.82) is 0 Å². The van der Waals surface area contributed by atoms with Crippen molar-refractivity contribution in [2.75, 3.05) is 38.3 Å². The van der Waals surface area contributed by atoms with Gasteiger partial charge in [-0.2, -0.15) is 4.37 Å². The second kappa shape index (κ2) is 12.1. The van der Waals surface area contributed by atoms with Gasteiger partial charge in [0.15, 0.2) is 0 Å². The molecule has 1 rings (SSSR count). The highest BCUT2D eigenvalue weighted by Gasteiger charge is 2.20. The molecule has 0 aliphatic carbocycles. The van der Waals surface area contributed by atoms with E-state index in [0.29, 0.717) is 22.1 Å². The topological polar surface area (TPSA) is 100 Å². The van der Waals surface area contributed by atoms with Crippen molar-refractivity contribution in [2.24, 2.45) is 5.73 Å². The zero-order valence-electron chi connectivity index (χ0n) is 15.3. The third-order valence-corrected chi connectivity index (χ3v) is 5.38. The van der Waals surface area contributed by atoms with Crippen LogP contribution in [-0.4, -0.2) is 54.1 Å². The average Bonchev–Trinajstić information content (AvgIpc) is 2.94. The summed E-state index contributed by atoms with van der Waals surface area (Å²) in [5, 5.41) is 6.48. The molecule has 0 atom stereocenters. The second-order valence-corrected chi connectivity index (χ2v) is 7.86. The van der Waals surface area contributed by atoms with Crippen LogP contribution in [0.5, 0.6) is 0 Å². The summed E-state index contributed by atoms with van der Waals surface area (Å²) in [6, 6.07) is -0.343. The van der Waals surface area contributed by atoms with Gasteiger partial charge in [0.2, 0.25) is 0 Å². The van der Waals surface area contributed by atoms with Gasteiger partial charge >= 0.3 is 6.03 Å². The van der Waals surface area contributed by atoms with Crippen molar-refractivity contribution in [3.63, 3.8) is 0 Å². The standard InChI is InChI=1S/C16H29N5O2S2/c1-4-5-6-7-11-24-15-12(13(17)22)14(25-20-15)19-16(23)18-9-8-10-21(2)3/h4-11H2,1-3H3,(H2,17,22)(H2,18,19,23). The summed E-state index contributed by atoms with van der Waals surface area (Å²) < 4.78 is 4.28. The Hall–Kier alpha value is -1.32. The minimum atomic E-state index is -0.562. The molecule has 0 bridgehead atoms. The Morgan fingerprint density at radius 2 is 2.00 bits per heavy atom. The molecule has 0 unspecified atom stereocenters. The predicted molar refractivity (Wildman–Crippen MR) is 106 cm³/mol. The number of hydrogen-bond donors (Lipinski definition) is 3. The molecule has 0 saturated carbocycles. The number of nitrogens with two attached hydrogens (primary N) is 1. The maximum absolute atomic E-state index is 12.0. The van der Waals surface area contributed by atoms with Crippen molar-refractivity contribution in [3.8, 4) is 0 Å². The van der Waals surface area contributed by atoms with E-state index in [0.717, 1.165) is 36.7 Å². The molecule has 1 aromatic rings. The van der Waals surface area contributed by atoms with Crippen LogP contribution in [-0.2, 0) is 0 Å². The molecule has 0 spiro atoms. The quantitative estimate of drug-likeness (QED) is 0.378. The largest absolute Gasteiger partial charge is 0.365 e. The van der Waals surface area contributed by atoms with Crippen LogP contribution in [0.1, 0.15) is 49.4 Å². The fraction of sp³-hybridized carbons (Fsp3) is 0.688. The number of carbonyl (C=O) groups is 2. The second-order valence-electron chi connectivity index (χ2n) is 6.00. The van der Waals surface area contributed by atoms with Gasteiger partial charge in [-0.3, -0.25) is 10.1 Å². The molecule has 7 nitrogen and oxygen atoms in total. The van der Waals surface area contributed by atoms with Gasteiger partial charge in [-0.15, -0.1) is 11.8 Å². The summed E-state index contributed by atoms with van der Waals surface area (Å²) >= 11 is 2.61. The summed E-state index contributed by atoms with van der Waals surface area (Å²) in [4.78, 5) is 25.8. The number of nitrogens with one attached hydrogen (secondary N) is 2. The van der Waals surface area contributed by atoms with Crippen LogP contribution in [0.15, 0.2) is 5.03 Å². The third kappa shape index (κ3) is 8.55. The van der Waals surface area contributed by atoms with E-state index in [9.17, 15) is 9.59 Å². The van der Waals surface area contributed by atoms with Crippen LogP contribution in [0.25, 0.3) is 0 Å². The summed E-state index contributed by atoms with van der Waals surface area (Å²) in [6.07, 6.45) is 5.49. The minimum absolute atomic E-state index is 0.314. The maximum atomic E-state index is 12.0. The molecule has 1 heterocycles. The first-order chi connectivity index (χ1) is 12.0. The van der Waals surface area contributed by atoms with E-state index >= 15 is 0 Å². The number of thioether (sulfide) groups is 1. The molecular weight excluding hydrogens is 358 g/mol. The number of rotatable bonds is 12. The first-order valence-corrected chi connectivity index (χ1v) is 10.3. The number of unbranched alkanes of at least 4 members (excludes halogenated alkanes) is 3. The van der Waals surface area contributed by atoms with Crippen LogP contribution >= 0.6 is 23.3 Å². The van der Waals surface area contributed by atoms with E-state index < -0.39 is 5.91 Å². The molecule has 1 aromatic heterocycles. The number of carbonyl (C=O) groups excluding carboxylic acids is 2. The molecule has 142 valence electrons. The maximum Gasteiger partial charge on any atom is 0.319 e. The van der Waals surface area contributed by atoms with Gasteiger partial charge in [-0.05, 0) is 50.8 Å². The summed E-state index contributed by atoms with van der Waals surface area (Å²) in [6.45, 7) is 3.63. The Morgan fingerprint density at radius 3 is 2.64 bits per heavy atom. The van der Waals surface area contributed by atoms with E-state index in [-0.39, 0.29) is 6.03 Å². The van der Waals surface area contributed by atoms with Gasteiger partial charge in [0.25, 0.3) is 5.91 Å². The Bertz CT molecular complexity index is 549. The van der Waals surface area contributed by atoms with Gasteiger partial charge in [0, 0.05) is 6.54 Å². The molecule has 0 saturated heterocycles. The summed E-state index contributed by atoms with van der Waals surface area (Å²) in [5.74, 6) is 0.327. The van der Waals surface area contributed by atoms with Crippen molar-refractivity contribution < 1.29 is 9.59 Å². The SMILES string of the molecule is CCCCCCSc1nsc(NC(=O)NCCCN(C)C)c1C(N)=O. The van der Waals surface area contributed by atoms with E-state index in [1.54, 1.807) is 0 Å². The average molecular weight is 388 g/mol. The zero-order valence-corrected chi connectivity index (χ0v) is 16.9. The minimum Gasteiger partial charge on any atom is -0.365 e. The van der Waals surface area contributed by atoms with Crippen molar-refractivity contribution >= 4 is 40.2 Å². The Balaban J connectivity index is 2.53. The normalized spacial score (nSPS) is 10.9.